The largest absolute Gasteiger partial charge is 0.316 e. The zero-order valence-corrected chi connectivity index (χ0v) is 8.56. The molecule has 0 radical (unpaired) electrons. The van der Waals surface area contributed by atoms with E-state index < -0.39 is 0 Å². The Morgan fingerprint density at radius 3 is 3.07 bits per heavy atom. The van der Waals surface area contributed by atoms with Crippen LogP contribution in [0.3, 0.4) is 0 Å². The molecule has 1 aromatic rings. The van der Waals surface area contributed by atoms with Gasteiger partial charge in [-0.1, -0.05) is 5.21 Å². The number of hydrogen-bond acceptors (Lipinski definition) is 4. The maximum atomic E-state index is 3.94. The van der Waals surface area contributed by atoms with E-state index in [1.165, 1.54) is 13.0 Å². The number of nitrogens with zero attached hydrogens (tertiary/aromatic N) is 4. The summed E-state index contributed by atoms with van der Waals surface area (Å²) in [6, 6.07) is 0.672. The van der Waals surface area contributed by atoms with Crippen LogP contribution in [0.15, 0.2) is 12.4 Å². The Kier molecular flexibility index (Phi) is 3.10. The Morgan fingerprint density at radius 1 is 1.50 bits per heavy atom. The number of nitrogens with one attached hydrogen (secondary N) is 1. The fourth-order valence-electron chi connectivity index (χ4n) is 1.87. The lowest BCUT2D eigenvalue weighted by Crippen LogP contribution is -2.31. The molecule has 1 unspecified atom stereocenters. The van der Waals surface area contributed by atoms with Crippen LogP contribution in [0.1, 0.15) is 6.42 Å². The molecule has 1 fully saturated rings. The third kappa shape index (κ3) is 2.30. The molecule has 1 aliphatic rings. The Hall–Kier alpha value is -0.940. The van der Waals surface area contributed by atoms with E-state index in [9.17, 15) is 0 Å². The average Bonchev–Trinajstić information content (AvgIpc) is 2.86. The predicted octanol–water partition coefficient (Wildman–Crippen LogP) is -0.428. The first-order chi connectivity index (χ1) is 6.88. The third-order valence-corrected chi connectivity index (χ3v) is 2.80. The maximum absolute atomic E-state index is 3.94. The van der Waals surface area contributed by atoms with Crippen LogP contribution in [0.25, 0.3) is 0 Å². The first-order valence-corrected chi connectivity index (χ1v) is 5.12. The minimum absolute atomic E-state index is 0.672. The van der Waals surface area contributed by atoms with Gasteiger partial charge in [0.1, 0.15) is 0 Å². The van der Waals surface area contributed by atoms with Crippen molar-refractivity contribution in [2.75, 3.05) is 26.7 Å². The highest BCUT2D eigenvalue weighted by Gasteiger charge is 2.20. The van der Waals surface area contributed by atoms with Crippen molar-refractivity contribution in [2.24, 2.45) is 0 Å². The number of hydrogen-bond donors (Lipinski definition) is 1. The van der Waals surface area contributed by atoms with Crippen molar-refractivity contribution in [1.82, 2.24) is 25.2 Å². The summed E-state index contributed by atoms with van der Waals surface area (Å²) in [7, 11) is 2.03. The highest BCUT2D eigenvalue weighted by molar-refractivity contribution is 4.79. The normalized spacial score (nSPS) is 23.1. The quantitative estimate of drug-likeness (QED) is 0.708. The molecule has 1 aromatic heterocycles. The smallest absolute Gasteiger partial charge is 0.0692 e. The van der Waals surface area contributed by atoms with Gasteiger partial charge in [0.2, 0.25) is 0 Å². The zero-order valence-electron chi connectivity index (χ0n) is 8.56. The monoisotopic (exact) mass is 195 g/mol. The van der Waals surface area contributed by atoms with Crippen LogP contribution < -0.4 is 5.32 Å². The van der Waals surface area contributed by atoms with E-state index in [4.69, 9.17) is 0 Å². The molecule has 1 aliphatic heterocycles. The number of likely N-dealkylation sites (N-methyl/N-ethyl adjacent to an activating group) is 1. The van der Waals surface area contributed by atoms with Crippen molar-refractivity contribution >= 4 is 0 Å². The summed E-state index contributed by atoms with van der Waals surface area (Å²) < 4.78 is 1.88. The Labute approximate surface area is 84.1 Å². The van der Waals surface area contributed by atoms with Crippen molar-refractivity contribution < 1.29 is 0 Å². The second kappa shape index (κ2) is 4.52. The molecule has 0 bridgehead atoms. The van der Waals surface area contributed by atoms with E-state index >= 15 is 0 Å². The molecule has 5 heteroatoms. The van der Waals surface area contributed by atoms with Crippen LogP contribution in [-0.2, 0) is 6.54 Å². The van der Waals surface area contributed by atoms with Crippen molar-refractivity contribution in [2.45, 2.75) is 19.0 Å². The number of aromatic nitrogens is 3. The molecule has 2 heterocycles. The van der Waals surface area contributed by atoms with E-state index in [-0.39, 0.29) is 0 Å². The fourth-order valence-corrected chi connectivity index (χ4v) is 1.87. The van der Waals surface area contributed by atoms with Crippen LogP contribution in [0, 0.1) is 0 Å². The molecule has 2 rings (SSSR count). The molecule has 1 atom stereocenters. The molecule has 0 amide bonds. The molecule has 78 valence electrons. The Morgan fingerprint density at radius 2 is 2.43 bits per heavy atom. The fraction of sp³-hybridized carbons (Fsp3) is 0.778. The molecule has 0 spiro atoms. The van der Waals surface area contributed by atoms with Crippen LogP contribution in [0.2, 0.25) is 0 Å². The Bertz CT molecular complexity index is 258. The van der Waals surface area contributed by atoms with E-state index in [1.807, 2.05) is 17.9 Å². The topological polar surface area (TPSA) is 46.0 Å². The van der Waals surface area contributed by atoms with Gasteiger partial charge in [-0.05, 0) is 20.0 Å². The molecule has 14 heavy (non-hydrogen) atoms. The highest BCUT2D eigenvalue weighted by Crippen LogP contribution is 2.07. The summed E-state index contributed by atoms with van der Waals surface area (Å²) >= 11 is 0. The molecule has 0 aliphatic carbocycles. The summed E-state index contributed by atoms with van der Waals surface area (Å²) in [5.41, 5.74) is 0. The minimum atomic E-state index is 0.672. The summed E-state index contributed by atoms with van der Waals surface area (Å²) in [6.45, 7) is 4.36. The lowest BCUT2D eigenvalue weighted by Gasteiger charge is -2.15. The van der Waals surface area contributed by atoms with Crippen molar-refractivity contribution in [1.29, 1.82) is 0 Å². The van der Waals surface area contributed by atoms with Gasteiger partial charge in [0, 0.05) is 25.3 Å². The van der Waals surface area contributed by atoms with Gasteiger partial charge < -0.3 is 5.32 Å². The van der Waals surface area contributed by atoms with Crippen LogP contribution in [0.5, 0.6) is 0 Å². The van der Waals surface area contributed by atoms with Gasteiger partial charge in [0.25, 0.3) is 0 Å². The van der Waals surface area contributed by atoms with Gasteiger partial charge >= 0.3 is 0 Å². The van der Waals surface area contributed by atoms with Gasteiger partial charge in [0.05, 0.1) is 12.7 Å². The van der Waals surface area contributed by atoms with E-state index in [1.54, 1.807) is 6.20 Å². The lowest BCUT2D eigenvalue weighted by molar-refractivity contribution is 0.307. The molecular formula is C9H17N5. The molecule has 1 N–H and O–H groups in total. The molecule has 0 aromatic carbocycles. The van der Waals surface area contributed by atoms with Crippen molar-refractivity contribution in [3.05, 3.63) is 12.4 Å². The maximum Gasteiger partial charge on any atom is 0.0692 e. The van der Waals surface area contributed by atoms with Crippen LogP contribution in [0.4, 0.5) is 0 Å². The second-order valence-corrected chi connectivity index (χ2v) is 3.74. The molecule has 1 saturated heterocycles. The molecule has 5 nitrogen and oxygen atoms in total. The van der Waals surface area contributed by atoms with Gasteiger partial charge in [-0.15, -0.1) is 5.10 Å². The van der Waals surface area contributed by atoms with E-state index in [0.717, 1.165) is 19.6 Å². The van der Waals surface area contributed by atoms with Crippen molar-refractivity contribution in [3.63, 3.8) is 0 Å². The first-order valence-electron chi connectivity index (χ1n) is 5.12. The summed E-state index contributed by atoms with van der Waals surface area (Å²) in [5, 5.41) is 11.0. The summed E-state index contributed by atoms with van der Waals surface area (Å²) in [5.74, 6) is 0. The van der Waals surface area contributed by atoms with Crippen LogP contribution in [-0.4, -0.2) is 52.6 Å². The van der Waals surface area contributed by atoms with Gasteiger partial charge in [-0.25, -0.2) is 0 Å². The lowest BCUT2D eigenvalue weighted by atomic mass is 10.3. The third-order valence-electron chi connectivity index (χ3n) is 2.80. The SMILES string of the molecule is CNC1CCN(CCn2ccnn2)C1. The number of rotatable bonds is 4. The molecule has 0 saturated carbocycles. The molecular weight excluding hydrogens is 178 g/mol. The highest BCUT2D eigenvalue weighted by atomic mass is 15.4. The second-order valence-electron chi connectivity index (χ2n) is 3.74. The van der Waals surface area contributed by atoms with E-state index in [0.29, 0.717) is 6.04 Å². The van der Waals surface area contributed by atoms with Gasteiger partial charge in [-0.2, -0.15) is 0 Å². The van der Waals surface area contributed by atoms with Crippen LogP contribution >= 0.6 is 0 Å². The summed E-state index contributed by atoms with van der Waals surface area (Å²) in [4.78, 5) is 2.46. The minimum Gasteiger partial charge on any atom is -0.316 e. The first kappa shape index (κ1) is 9.61. The zero-order chi connectivity index (χ0) is 9.80. The Balaban J connectivity index is 1.72. The predicted molar refractivity (Wildman–Crippen MR) is 53.9 cm³/mol. The average molecular weight is 195 g/mol. The van der Waals surface area contributed by atoms with Crippen molar-refractivity contribution in [3.8, 4) is 0 Å². The van der Waals surface area contributed by atoms with E-state index in [2.05, 4.69) is 20.5 Å². The van der Waals surface area contributed by atoms with Gasteiger partial charge in [0.15, 0.2) is 0 Å². The summed E-state index contributed by atoms with van der Waals surface area (Å²) in [6.07, 6.45) is 4.89. The van der Waals surface area contributed by atoms with Gasteiger partial charge in [-0.3, -0.25) is 9.58 Å². The number of likely N-dealkylation sites (tertiary alicyclic amines) is 1. The standard InChI is InChI=1S/C9H17N5/c1-10-9-2-4-13(8-9)6-7-14-5-3-11-12-14/h3,5,9-10H,2,4,6-8H2,1H3.